The smallest absolute Gasteiger partial charge is 0.399 e. The summed E-state index contributed by atoms with van der Waals surface area (Å²) in [5, 5.41) is 0.446. The Bertz CT molecular complexity index is 653. The maximum absolute atomic E-state index is 11.8. The maximum Gasteiger partial charge on any atom is 0.399 e. The van der Waals surface area contributed by atoms with E-state index >= 15 is 0 Å². The van der Waals surface area contributed by atoms with Crippen molar-refractivity contribution in [2.24, 2.45) is 5.92 Å². The van der Waals surface area contributed by atoms with E-state index in [1.54, 1.807) is 18.2 Å². The highest BCUT2D eigenvalue weighted by molar-refractivity contribution is 5.76. The first kappa shape index (κ1) is 17.5. The third-order valence-corrected chi connectivity index (χ3v) is 3.82. The van der Waals surface area contributed by atoms with Crippen molar-refractivity contribution >= 4 is 10.9 Å². The van der Waals surface area contributed by atoms with E-state index in [9.17, 15) is 4.79 Å². The summed E-state index contributed by atoms with van der Waals surface area (Å²) in [7, 11) is 0. The number of unbranched alkanes of at least 4 members (excludes halogenated alkanes) is 1. The van der Waals surface area contributed by atoms with E-state index < -0.39 is 5.63 Å². The topological polar surface area (TPSA) is 61.6 Å². The van der Waals surface area contributed by atoms with Crippen LogP contribution >= 0.6 is 0 Å². The molecule has 1 unspecified atom stereocenters. The Hall–Kier alpha value is -1.88. The van der Waals surface area contributed by atoms with Gasteiger partial charge < -0.3 is 13.9 Å². The number of benzene rings is 1. The molecule has 0 aliphatic rings. The maximum atomic E-state index is 11.8. The average Bonchev–Trinajstić information content (AvgIpc) is 2.56. The van der Waals surface area contributed by atoms with Gasteiger partial charge >= 0.3 is 11.7 Å². The molecule has 5 heteroatoms. The first-order chi connectivity index (χ1) is 11.2. The summed E-state index contributed by atoms with van der Waals surface area (Å²) in [4.78, 5) is 15.9. The first-order valence-electron chi connectivity index (χ1n) is 8.31. The van der Waals surface area contributed by atoms with Gasteiger partial charge in [0.15, 0.2) is 6.79 Å². The van der Waals surface area contributed by atoms with Gasteiger partial charge in [-0.2, -0.15) is 4.98 Å². The molecule has 0 bridgehead atoms. The van der Waals surface area contributed by atoms with E-state index in [-0.39, 0.29) is 12.9 Å². The molecule has 0 spiro atoms. The number of hydrogen-bond donors (Lipinski definition) is 0. The van der Waals surface area contributed by atoms with Crippen LogP contribution in [0.25, 0.3) is 10.9 Å². The minimum absolute atomic E-state index is 0.0393. The molecule has 1 atom stereocenters. The summed E-state index contributed by atoms with van der Waals surface area (Å²) in [6, 6.07) is 7.01. The second kappa shape index (κ2) is 9.30. The van der Waals surface area contributed by atoms with Crippen LogP contribution in [0.1, 0.15) is 46.0 Å². The van der Waals surface area contributed by atoms with Gasteiger partial charge in [0.1, 0.15) is 0 Å². The summed E-state index contributed by atoms with van der Waals surface area (Å²) in [6.45, 7) is 5.16. The molecule has 1 aromatic heterocycles. The first-order valence-corrected chi connectivity index (χ1v) is 8.31. The molecule has 1 heterocycles. The largest absolute Gasteiger partial charge is 0.423 e. The monoisotopic (exact) mass is 319 g/mol. The van der Waals surface area contributed by atoms with Gasteiger partial charge in [-0.3, -0.25) is 0 Å². The fourth-order valence-corrected chi connectivity index (χ4v) is 2.44. The zero-order valence-electron chi connectivity index (χ0n) is 13.9. The van der Waals surface area contributed by atoms with Gasteiger partial charge in [-0.1, -0.05) is 45.2 Å². The van der Waals surface area contributed by atoms with Crippen LogP contribution < -0.4 is 10.4 Å². The van der Waals surface area contributed by atoms with Crippen molar-refractivity contribution in [3.63, 3.8) is 0 Å². The second-order valence-electron chi connectivity index (χ2n) is 5.84. The van der Waals surface area contributed by atoms with Crippen LogP contribution in [0.15, 0.2) is 33.5 Å². The lowest BCUT2D eigenvalue weighted by Gasteiger charge is -2.10. The van der Waals surface area contributed by atoms with E-state index in [0.29, 0.717) is 17.5 Å². The normalized spacial score (nSPS) is 12.4. The van der Waals surface area contributed by atoms with E-state index in [1.807, 2.05) is 6.07 Å². The van der Waals surface area contributed by atoms with Gasteiger partial charge in [0.2, 0.25) is 0 Å². The predicted octanol–water partition coefficient (Wildman–Crippen LogP) is 4.15. The molecular formula is C18H25NO4. The predicted molar refractivity (Wildman–Crippen MR) is 89.6 cm³/mol. The van der Waals surface area contributed by atoms with Crippen LogP contribution in [-0.2, 0) is 4.74 Å². The quantitative estimate of drug-likeness (QED) is 0.486. The van der Waals surface area contributed by atoms with Crippen LogP contribution in [-0.4, -0.2) is 18.4 Å². The number of para-hydroxylation sites is 1. The highest BCUT2D eigenvalue weighted by Crippen LogP contribution is 2.14. The fraction of sp³-hybridized carbons (Fsp3) is 0.556. The van der Waals surface area contributed by atoms with Crippen molar-refractivity contribution in [2.45, 2.75) is 46.0 Å². The molecule has 1 aromatic carbocycles. The van der Waals surface area contributed by atoms with Crippen LogP contribution in [0, 0.1) is 5.92 Å². The molecule has 0 saturated heterocycles. The SMILES string of the molecule is CCCCC(C)CCCOCOc1nc2ccccc2c(=O)o1. The molecule has 0 radical (unpaired) electrons. The lowest BCUT2D eigenvalue weighted by molar-refractivity contribution is -0.00532. The van der Waals surface area contributed by atoms with Crippen LogP contribution in [0.5, 0.6) is 6.08 Å². The van der Waals surface area contributed by atoms with Crippen LogP contribution in [0.3, 0.4) is 0 Å². The van der Waals surface area contributed by atoms with Gasteiger partial charge in [-0.15, -0.1) is 0 Å². The van der Waals surface area contributed by atoms with Crippen molar-refractivity contribution in [1.29, 1.82) is 0 Å². The molecule has 0 aliphatic carbocycles. The summed E-state index contributed by atoms with van der Waals surface area (Å²) in [5.41, 5.74) is 0.110. The minimum atomic E-state index is -0.449. The van der Waals surface area contributed by atoms with E-state index in [2.05, 4.69) is 18.8 Å². The Labute approximate surface area is 136 Å². The highest BCUT2D eigenvalue weighted by atomic mass is 16.7. The molecule has 0 N–H and O–H groups in total. The van der Waals surface area contributed by atoms with Crippen LogP contribution in [0.4, 0.5) is 0 Å². The average molecular weight is 319 g/mol. The van der Waals surface area contributed by atoms with Crippen molar-refractivity contribution in [1.82, 2.24) is 4.98 Å². The Morgan fingerprint density at radius 3 is 2.83 bits per heavy atom. The number of hydrogen-bond acceptors (Lipinski definition) is 5. The molecule has 5 nitrogen and oxygen atoms in total. The van der Waals surface area contributed by atoms with E-state index in [4.69, 9.17) is 13.9 Å². The van der Waals surface area contributed by atoms with Crippen LogP contribution in [0.2, 0.25) is 0 Å². The number of aromatic nitrogens is 1. The molecule has 2 aromatic rings. The highest BCUT2D eigenvalue weighted by Gasteiger charge is 2.06. The number of nitrogens with zero attached hydrogens (tertiary/aromatic N) is 1. The second-order valence-corrected chi connectivity index (χ2v) is 5.84. The minimum Gasteiger partial charge on any atom is -0.423 e. The van der Waals surface area contributed by atoms with Crippen molar-refractivity contribution in [2.75, 3.05) is 13.4 Å². The lowest BCUT2D eigenvalue weighted by atomic mass is 9.99. The third-order valence-electron chi connectivity index (χ3n) is 3.82. The fourth-order valence-electron chi connectivity index (χ4n) is 2.44. The standard InChI is InChI=1S/C18H25NO4/c1-3-4-8-14(2)9-7-12-21-13-22-18-19-16-11-6-5-10-15(16)17(20)23-18/h5-6,10-11,14H,3-4,7-9,12-13H2,1-2H3. The molecule has 2 rings (SSSR count). The molecule has 126 valence electrons. The summed E-state index contributed by atoms with van der Waals surface area (Å²) in [5.74, 6) is 0.736. The summed E-state index contributed by atoms with van der Waals surface area (Å²) < 4.78 is 15.7. The molecule has 0 aliphatic heterocycles. The van der Waals surface area contributed by atoms with E-state index in [0.717, 1.165) is 18.8 Å². The third kappa shape index (κ3) is 5.67. The summed E-state index contributed by atoms with van der Waals surface area (Å²) >= 11 is 0. The van der Waals surface area contributed by atoms with Crippen molar-refractivity contribution in [3.8, 4) is 6.08 Å². The van der Waals surface area contributed by atoms with Gasteiger partial charge in [-0.25, -0.2) is 4.79 Å². The van der Waals surface area contributed by atoms with Gasteiger partial charge in [-0.05, 0) is 30.9 Å². The van der Waals surface area contributed by atoms with Crippen molar-refractivity contribution < 1.29 is 13.9 Å². The Balaban J connectivity index is 1.70. The Morgan fingerprint density at radius 2 is 2.00 bits per heavy atom. The zero-order valence-corrected chi connectivity index (χ0v) is 13.9. The molecule has 23 heavy (non-hydrogen) atoms. The lowest BCUT2D eigenvalue weighted by Crippen LogP contribution is -2.09. The Kier molecular flexibility index (Phi) is 7.07. The zero-order chi connectivity index (χ0) is 16.5. The molecule has 0 saturated carbocycles. The van der Waals surface area contributed by atoms with Crippen molar-refractivity contribution in [3.05, 3.63) is 34.7 Å². The molecule has 0 fully saturated rings. The van der Waals surface area contributed by atoms with Gasteiger partial charge in [0.05, 0.1) is 17.5 Å². The van der Waals surface area contributed by atoms with E-state index in [1.165, 1.54) is 19.3 Å². The molecular weight excluding hydrogens is 294 g/mol. The molecule has 0 amide bonds. The Morgan fingerprint density at radius 1 is 1.22 bits per heavy atom. The number of fused-ring (bicyclic) bond motifs is 1. The number of rotatable bonds is 10. The van der Waals surface area contributed by atoms with Gasteiger partial charge in [0, 0.05) is 0 Å². The summed E-state index contributed by atoms with van der Waals surface area (Å²) in [6.07, 6.45) is 5.92. The number of ether oxygens (including phenoxy) is 2. The van der Waals surface area contributed by atoms with Gasteiger partial charge in [0.25, 0.3) is 0 Å².